The highest BCUT2D eigenvalue weighted by atomic mass is 14.8. The maximum atomic E-state index is 6.21. The SMILES string of the molecule is CC(C)C1CCC(N)C(c2cnccn2)C1. The normalized spacial score (nSPS) is 30.6. The first-order valence-electron chi connectivity index (χ1n) is 6.20. The third kappa shape index (κ3) is 2.40. The molecule has 1 fully saturated rings. The number of hydrogen-bond acceptors (Lipinski definition) is 3. The van der Waals surface area contributed by atoms with Gasteiger partial charge < -0.3 is 5.73 Å². The Morgan fingerprint density at radius 2 is 2.12 bits per heavy atom. The van der Waals surface area contributed by atoms with Crippen molar-refractivity contribution in [2.24, 2.45) is 17.6 Å². The lowest BCUT2D eigenvalue weighted by Crippen LogP contribution is -2.36. The van der Waals surface area contributed by atoms with Crippen LogP contribution < -0.4 is 5.73 Å². The Kier molecular flexibility index (Phi) is 3.54. The van der Waals surface area contributed by atoms with Crippen LogP contribution in [0.15, 0.2) is 18.6 Å². The van der Waals surface area contributed by atoms with Gasteiger partial charge in [-0.1, -0.05) is 13.8 Å². The third-order valence-electron chi connectivity index (χ3n) is 3.85. The van der Waals surface area contributed by atoms with Crippen LogP contribution in [-0.2, 0) is 0 Å². The molecule has 0 aromatic carbocycles. The van der Waals surface area contributed by atoms with Crippen molar-refractivity contribution < 1.29 is 0 Å². The second-order valence-corrected chi connectivity index (χ2v) is 5.22. The van der Waals surface area contributed by atoms with Gasteiger partial charge in [-0.2, -0.15) is 0 Å². The monoisotopic (exact) mass is 219 g/mol. The van der Waals surface area contributed by atoms with Gasteiger partial charge in [0, 0.05) is 30.6 Å². The van der Waals surface area contributed by atoms with Crippen LogP contribution in [0.2, 0.25) is 0 Å². The van der Waals surface area contributed by atoms with Gasteiger partial charge in [-0.15, -0.1) is 0 Å². The smallest absolute Gasteiger partial charge is 0.0633 e. The Hall–Kier alpha value is -0.960. The zero-order valence-corrected chi connectivity index (χ0v) is 10.1. The zero-order chi connectivity index (χ0) is 11.5. The second-order valence-electron chi connectivity index (χ2n) is 5.22. The van der Waals surface area contributed by atoms with E-state index in [0.29, 0.717) is 5.92 Å². The average Bonchev–Trinajstić information content (AvgIpc) is 2.30. The van der Waals surface area contributed by atoms with Gasteiger partial charge in [0.15, 0.2) is 0 Å². The lowest BCUT2D eigenvalue weighted by molar-refractivity contribution is 0.230. The highest BCUT2D eigenvalue weighted by Crippen LogP contribution is 2.37. The van der Waals surface area contributed by atoms with Gasteiger partial charge in [-0.3, -0.25) is 9.97 Å². The maximum Gasteiger partial charge on any atom is 0.0633 e. The summed E-state index contributed by atoms with van der Waals surface area (Å²) in [4.78, 5) is 8.55. The van der Waals surface area contributed by atoms with E-state index in [-0.39, 0.29) is 6.04 Å². The molecular weight excluding hydrogens is 198 g/mol. The molecule has 3 nitrogen and oxygen atoms in total. The molecule has 1 aliphatic carbocycles. The number of nitrogens with two attached hydrogens (primary N) is 1. The van der Waals surface area contributed by atoms with Gasteiger partial charge in [0.2, 0.25) is 0 Å². The van der Waals surface area contributed by atoms with Crippen molar-refractivity contribution in [3.63, 3.8) is 0 Å². The van der Waals surface area contributed by atoms with Gasteiger partial charge in [-0.25, -0.2) is 0 Å². The minimum Gasteiger partial charge on any atom is -0.327 e. The maximum absolute atomic E-state index is 6.21. The van der Waals surface area contributed by atoms with Crippen molar-refractivity contribution in [1.29, 1.82) is 0 Å². The molecule has 2 rings (SSSR count). The summed E-state index contributed by atoms with van der Waals surface area (Å²) >= 11 is 0. The van der Waals surface area contributed by atoms with E-state index in [4.69, 9.17) is 5.73 Å². The summed E-state index contributed by atoms with van der Waals surface area (Å²) in [5.41, 5.74) is 7.28. The first-order chi connectivity index (χ1) is 7.68. The molecule has 0 bridgehead atoms. The van der Waals surface area contributed by atoms with E-state index in [0.717, 1.165) is 30.4 Å². The molecule has 88 valence electrons. The highest BCUT2D eigenvalue weighted by molar-refractivity contribution is 5.09. The van der Waals surface area contributed by atoms with Gasteiger partial charge >= 0.3 is 0 Å². The minimum atomic E-state index is 0.256. The molecule has 1 saturated carbocycles. The molecule has 1 aromatic rings. The average molecular weight is 219 g/mol. The molecule has 0 radical (unpaired) electrons. The van der Waals surface area contributed by atoms with Crippen LogP contribution in [0, 0.1) is 11.8 Å². The van der Waals surface area contributed by atoms with E-state index in [9.17, 15) is 0 Å². The Balaban J connectivity index is 2.13. The molecule has 0 saturated heterocycles. The predicted octanol–water partition coefficient (Wildman–Crippen LogP) is 2.34. The first-order valence-corrected chi connectivity index (χ1v) is 6.20. The van der Waals surface area contributed by atoms with Crippen LogP contribution in [0.25, 0.3) is 0 Å². The topological polar surface area (TPSA) is 51.8 Å². The van der Waals surface area contributed by atoms with Crippen LogP contribution in [0.1, 0.15) is 44.7 Å². The van der Waals surface area contributed by atoms with E-state index in [1.165, 1.54) is 6.42 Å². The Morgan fingerprint density at radius 1 is 1.31 bits per heavy atom. The second kappa shape index (κ2) is 4.91. The summed E-state index contributed by atoms with van der Waals surface area (Å²) in [7, 11) is 0. The Labute approximate surface area is 97.5 Å². The first kappa shape index (κ1) is 11.5. The molecule has 1 heterocycles. The molecule has 2 N–H and O–H groups in total. The summed E-state index contributed by atoms with van der Waals surface area (Å²) in [5.74, 6) is 1.92. The summed E-state index contributed by atoms with van der Waals surface area (Å²) < 4.78 is 0. The summed E-state index contributed by atoms with van der Waals surface area (Å²) in [6.07, 6.45) is 8.89. The predicted molar refractivity (Wildman–Crippen MR) is 64.9 cm³/mol. The summed E-state index contributed by atoms with van der Waals surface area (Å²) in [5, 5.41) is 0. The fourth-order valence-electron chi connectivity index (χ4n) is 2.67. The van der Waals surface area contributed by atoms with Gasteiger partial charge in [0.05, 0.1) is 5.69 Å². The molecule has 1 aliphatic rings. The molecule has 3 unspecified atom stereocenters. The van der Waals surface area contributed by atoms with E-state index >= 15 is 0 Å². The van der Waals surface area contributed by atoms with Crippen molar-refractivity contribution >= 4 is 0 Å². The van der Waals surface area contributed by atoms with Crippen molar-refractivity contribution in [1.82, 2.24) is 9.97 Å². The lowest BCUT2D eigenvalue weighted by Gasteiger charge is -2.35. The van der Waals surface area contributed by atoms with E-state index in [1.54, 1.807) is 12.4 Å². The standard InChI is InChI=1S/C13H21N3/c1-9(2)10-3-4-12(14)11(7-10)13-8-15-5-6-16-13/h5-6,8-12H,3-4,7,14H2,1-2H3. The van der Waals surface area contributed by atoms with Gasteiger partial charge in [-0.05, 0) is 31.1 Å². The lowest BCUT2D eigenvalue weighted by atomic mass is 9.73. The van der Waals surface area contributed by atoms with Crippen LogP contribution in [-0.4, -0.2) is 16.0 Å². The number of hydrogen-bond donors (Lipinski definition) is 1. The molecular formula is C13H21N3. The van der Waals surface area contributed by atoms with Crippen molar-refractivity contribution in [2.45, 2.75) is 45.1 Å². The molecule has 0 aliphatic heterocycles. The number of aromatic nitrogens is 2. The molecule has 3 heteroatoms. The third-order valence-corrected chi connectivity index (χ3v) is 3.85. The molecule has 3 atom stereocenters. The highest BCUT2D eigenvalue weighted by Gasteiger charge is 2.31. The summed E-state index contributed by atoms with van der Waals surface area (Å²) in [6, 6.07) is 0.256. The van der Waals surface area contributed by atoms with Gasteiger partial charge in [0.1, 0.15) is 0 Å². The largest absolute Gasteiger partial charge is 0.327 e. The molecule has 0 amide bonds. The van der Waals surface area contributed by atoms with Crippen molar-refractivity contribution in [2.75, 3.05) is 0 Å². The van der Waals surface area contributed by atoms with E-state index < -0.39 is 0 Å². The van der Waals surface area contributed by atoms with Crippen molar-refractivity contribution in [3.8, 4) is 0 Å². The summed E-state index contributed by atoms with van der Waals surface area (Å²) in [6.45, 7) is 4.60. The molecule has 16 heavy (non-hydrogen) atoms. The fourth-order valence-corrected chi connectivity index (χ4v) is 2.67. The minimum absolute atomic E-state index is 0.256. The van der Waals surface area contributed by atoms with E-state index in [2.05, 4.69) is 23.8 Å². The van der Waals surface area contributed by atoms with Crippen molar-refractivity contribution in [3.05, 3.63) is 24.3 Å². The number of rotatable bonds is 2. The quantitative estimate of drug-likeness (QED) is 0.830. The van der Waals surface area contributed by atoms with Gasteiger partial charge in [0.25, 0.3) is 0 Å². The zero-order valence-electron chi connectivity index (χ0n) is 10.1. The Morgan fingerprint density at radius 3 is 2.75 bits per heavy atom. The van der Waals surface area contributed by atoms with Crippen LogP contribution in [0.3, 0.4) is 0 Å². The molecule has 0 spiro atoms. The van der Waals surface area contributed by atoms with E-state index in [1.807, 2.05) is 6.20 Å². The Bertz CT molecular complexity index is 323. The fraction of sp³-hybridized carbons (Fsp3) is 0.692. The molecule has 1 aromatic heterocycles. The van der Waals surface area contributed by atoms with Crippen LogP contribution in [0.5, 0.6) is 0 Å². The number of nitrogens with zero attached hydrogens (tertiary/aromatic N) is 2. The van der Waals surface area contributed by atoms with Crippen LogP contribution in [0.4, 0.5) is 0 Å². The van der Waals surface area contributed by atoms with Crippen LogP contribution >= 0.6 is 0 Å².